The molecule has 1 aromatic rings. The van der Waals surface area contributed by atoms with Gasteiger partial charge in [0, 0.05) is 11.8 Å². The minimum atomic E-state index is -0.456. The van der Waals surface area contributed by atoms with Crippen LogP contribution in [0.4, 0.5) is 5.69 Å². The molecule has 1 aromatic carbocycles. The van der Waals surface area contributed by atoms with Crippen LogP contribution < -0.4 is 9.64 Å². The number of hydrogen-bond donors (Lipinski definition) is 0. The molecule has 1 saturated heterocycles. The molecule has 5 heteroatoms. The Bertz CT molecular complexity index is 608. The van der Waals surface area contributed by atoms with Crippen molar-refractivity contribution < 1.29 is 19.1 Å². The molecule has 0 spiro atoms. The van der Waals surface area contributed by atoms with Crippen molar-refractivity contribution in [1.82, 2.24) is 0 Å². The van der Waals surface area contributed by atoms with Gasteiger partial charge in [-0.05, 0) is 18.6 Å². The predicted octanol–water partition coefficient (Wildman–Crippen LogP) is 1.77. The zero-order valence-corrected chi connectivity index (χ0v) is 11.3. The Labute approximate surface area is 116 Å². The van der Waals surface area contributed by atoms with Gasteiger partial charge in [0.05, 0.1) is 26.2 Å². The van der Waals surface area contributed by atoms with E-state index in [1.165, 1.54) is 14.2 Å². The van der Waals surface area contributed by atoms with E-state index in [1.807, 2.05) is 12.2 Å². The number of fused-ring (bicyclic) bond motifs is 2. The molecule has 5 nitrogen and oxygen atoms in total. The van der Waals surface area contributed by atoms with Gasteiger partial charge in [0.25, 0.3) is 0 Å². The van der Waals surface area contributed by atoms with Gasteiger partial charge in [-0.1, -0.05) is 12.2 Å². The van der Waals surface area contributed by atoms with Crippen molar-refractivity contribution in [1.29, 1.82) is 0 Å². The number of hydrogen-bond acceptors (Lipinski definition) is 4. The van der Waals surface area contributed by atoms with Crippen molar-refractivity contribution in [2.24, 2.45) is 5.92 Å². The Morgan fingerprint density at radius 2 is 2.10 bits per heavy atom. The second-order valence-electron chi connectivity index (χ2n) is 4.88. The Morgan fingerprint density at radius 3 is 2.70 bits per heavy atom. The maximum atomic E-state index is 12.2. The highest BCUT2D eigenvalue weighted by molar-refractivity contribution is 6.02. The summed E-state index contributed by atoms with van der Waals surface area (Å²) < 4.78 is 9.93. The predicted molar refractivity (Wildman–Crippen MR) is 72.9 cm³/mol. The van der Waals surface area contributed by atoms with Gasteiger partial charge in [-0.25, -0.2) is 4.79 Å². The molecule has 3 rings (SSSR count). The van der Waals surface area contributed by atoms with Crippen molar-refractivity contribution >= 4 is 17.6 Å². The first kappa shape index (κ1) is 12.7. The fourth-order valence-electron chi connectivity index (χ4n) is 2.82. The highest BCUT2D eigenvalue weighted by Crippen LogP contribution is 2.38. The van der Waals surface area contributed by atoms with Crippen LogP contribution in [0.2, 0.25) is 0 Å². The minimum absolute atomic E-state index is 0.00808. The standard InChI is InChI=1S/C15H15NO4/c1-19-13-8-11(5-6-12(13)15(18)20-2)16-10-4-3-9(7-10)14(16)17/h3-6,8-10H,7H2,1-2H3/t9-,10+/m1/s1. The van der Waals surface area contributed by atoms with E-state index in [0.717, 1.165) is 12.1 Å². The van der Waals surface area contributed by atoms with Crippen molar-refractivity contribution in [3.05, 3.63) is 35.9 Å². The average molecular weight is 273 g/mol. The Morgan fingerprint density at radius 1 is 1.30 bits per heavy atom. The third-order valence-corrected chi connectivity index (χ3v) is 3.82. The van der Waals surface area contributed by atoms with E-state index >= 15 is 0 Å². The van der Waals surface area contributed by atoms with Crippen molar-refractivity contribution in [3.8, 4) is 5.75 Å². The first-order valence-electron chi connectivity index (χ1n) is 6.43. The van der Waals surface area contributed by atoms with Crippen LogP contribution in [-0.4, -0.2) is 32.1 Å². The lowest BCUT2D eigenvalue weighted by atomic mass is 10.1. The van der Waals surface area contributed by atoms with E-state index in [1.54, 1.807) is 23.1 Å². The van der Waals surface area contributed by atoms with Crippen LogP contribution in [0.25, 0.3) is 0 Å². The first-order valence-corrected chi connectivity index (χ1v) is 6.43. The third-order valence-electron chi connectivity index (χ3n) is 3.82. The summed E-state index contributed by atoms with van der Waals surface area (Å²) in [4.78, 5) is 25.6. The van der Waals surface area contributed by atoms with E-state index in [-0.39, 0.29) is 17.9 Å². The SMILES string of the molecule is COC(=O)c1ccc(N2C(=O)[C@@H]3C=C[C@H]2C3)cc1OC. The first-order chi connectivity index (χ1) is 9.65. The van der Waals surface area contributed by atoms with E-state index in [9.17, 15) is 9.59 Å². The molecule has 0 radical (unpaired) electrons. The van der Waals surface area contributed by atoms with Crippen LogP contribution in [-0.2, 0) is 9.53 Å². The van der Waals surface area contributed by atoms with Gasteiger partial charge in [0.2, 0.25) is 5.91 Å². The highest BCUT2D eigenvalue weighted by Gasteiger charge is 2.41. The summed E-state index contributed by atoms with van der Waals surface area (Å²) in [5, 5.41) is 0. The van der Waals surface area contributed by atoms with Crippen LogP contribution in [0.3, 0.4) is 0 Å². The summed E-state index contributed by atoms with van der Waals surface area (Å²) in [6, 6.07) is 5.20. The number of methoxy groups -OCH3 is 2. The van der Waals surface area contributed by atoms with Crippen molar-refractivity contribution in [2.45, 2.75) is 12.5 Å². The molecule has 1 amide bonds. The maximum Gasteiger partial charge on any atom is 0.341 e. The molecule has 104 valence electrons. The lowest BCUT2D eigenvalue weighted by molar-refractivity contribution is -0.119. The Balaban J connectivity index is 1.98. The van der Waals surface area contributed by atoms with Gasteiger partial charge in [0.1, 0.15) is 11.3 Å². The molecule has 2 bridgehead atoms. The monoisotopic (exact) mass is 273 g/mol. The number of carbonyl (C=O) groups is 2. The summed E-state index contributed by atoms with van der Waals surface area (Å²) in [6.45, 7) is 0. The van der Waals surface area contributed by atoms with Crippen LogP contribution in [0.1, 0.15) is 16.8 Å². The van der Waals surface area contributed by atoms with Gasteiger partial charge in [-0.15, -0.1) is 0 Å². The molecule has 1 heterocycles. The van der Waals surface area contributed by atoms with E-state index in [2.05, 4.69) is 0 Å². The number of carbonyl (C=O) groups excluding carboxylic acids is 2. The number of nitrogens with zero attached hydrogens (tertiary/aromatic N) is 1. The fraction of sp³-hybridized carbons (Fsp3) is 0.333. The van der Waals surface area contributed by atoms with Crippen LogP contribution in [0.15, 0.2) is 30.4 Å². The molecule has 1 aliphatic heterocycles. The third kappa shape index (κ3) is 1.78. The number of amides is 1. The lowest BCUT2D eigenvalue weighted by Gasteiger charge is -2.25. The number of rotatable bonds is 3. The van der Waals surface area contributed by atoms with E-state index in [4.69, 9.17) is 9.47 Å². The fourth-order valence-corrected chi connectivity index (χ4v) is 2.82. The van der Waals surface area contributed by atoms with Crippen molar-refractivity contribution in [2.75, 3.05) is 19.1 Å². The largest absolute Gasteiger partial charge is 0.496 e. The molecule has 1 fully saturated rings. The van der Waals surface area contributed by atoms with Crippen molar-refractivity contribution in [3.63, 3.8) is 0 Å². The lowest BCUT2D eigenvalue weighted by Crippen LogP contribution is -2.34. The Hall–Kier alpha value is -2.30. The number of ether oxygens (including phenoxy) is 2. The van der Waals surface area contributed by atoms with Crippen LogP contribution in [0, 0.1) is 5.92 Å². The molecule has 0 unspecified atom stereocenters. The molecule has 0 aromatic heterocycles. The summed E-state index contributed by atoms with van der Waals surface area (Å²) in [6.07, 6.45) is 4.84. The molecular formula is C15H15NO4. The van der Waals surface area contributed by atoms with Gasteiger partial charge < -0.3 is 14.4 Å². The van der Waals surface area contributed by atoms with Gasteiger partial charge in [-0.2, -0.15) is 0 Å². The average Bonchev–Trinajstić information content (AvgIpc) is 3.06. The molecule has 0 N–H and O–H groups in total. The van der Waals surface area contributed by atoms with E-state index < -0.39 is 5.97 Å². The highest BCUT2D eigenvalue weighted by atomic mass is 16.5. The zero-order chi connectivity index (χ0) is 14.3. The summed E-state index contributed by atoms with van der Waals surface area (Å²) in [5.41, 5.74) is 1.10. The second-order valence-corrected chi connectivity index (χ2v) is 4.88. The summed E-state index contributed by atoms with van der Waals surface area (Å²) in [7, 11) is 2.81. The molecule has 0 saturated carbocycles. The molecule has 2 aliphatic rings. The number of esters is 1. The topological polar surface area (TPSA) is 55.8 Å². The van der Waals surface area contributed by atoms with Gasteiger partial charge >= 0.3 is 5.97 Å². The second kappa shape index (κ2) is 4.67. The maximum absolute atomic E-state index is 12.2. The molecule has 1 aliphatic carbocycles. The molecule has 2 atom stereocenters. The smallest absolute Gasteiger partial charge is 0.341 e. The normalized spacial score (nSPS) is 23.3. The number of benzene rings is 1. The van der Waals surface area contributed by atoms with E-state index in [0.29, 0.717) is 11.3 Å². The van der Waals surface area contributed by atoms with Gasteiger partial charge in [-0.3, -0.25) is 4.79 Å². The summed E-state index contributed by atoms with van der Waals surface area (Å²) in [5.74, 6) is 0.0492. The minimum Gasteiger partial charge on any atom is -0.496 e. The van der Waals surface area contributed by atoms with Crippen LogP contribution >= 0.6 is 0 Å². The van der Waals surface area contributed by atoms with Crippen LogP contribution in [0.5, 0.6) is 5.75 Å². The van der Waals surface area contributed by atoms with Gasteiger partial charge in [0.15, 0.2) is 0 Å². The zero-order valence-electron chi connectivity index (χ0n) is 11.3. The summed E-state index contributed by atoms with van der Waals surface area (Å²) >= 11 is 0. The molecule has 20 heavy (non-hydrogen) atoms. The Kier molecular flexibility index (Phi) is 2.97. The molecular weight excluding hydrogens is 258 g/mol. The quantitative estimate of drug-likeness (QED) is 0.622. The number of anilines is 1.